The maximum absolute atomic E-state index is 5.78. The van der Waals surface area contributed by atoms with Crippen LogP contribution in [0, 0.1) is 5.92 Å². The molecule has 0 aromatic carbocycles. The van der Waals surface area contributed by atoms with Gasteiger partial charge in [-0.15, -0.1) is 0 Å². The molecule has 118 valence electrons. The minimum absolute atomic E-state index is 0.169. The summed E-state index contributed by atoms with van der Waals surface area (Å²) in [6.45, 7) is 9.00. The molecule has 1 N–H and O–H groups in total. The van der Waals surface area contributed by atoms with Crippen molar-refractivity contribution < 1.29 is 9.47 Å². The monoisotopic (exact) mass is 292 g/mol. The Kier molecular flexibility index (Phi) is 6.46. The number of hydrogen-bond donors (Lipinski definition) is 1. The zero-order valence-electron chi connectivity index (χ0n) is 13.5. The largest absolute Gasteiger partial charge is 0.489 e. The number of pyridine rings is 1. The highest BCUT2D eigenvalue weighted by Crippen LogP contribution is 2.30. The van der Waals surface area contributed by atoms with E-state index in [-0.39, 0.29) is 6.10 Å². The van der Waals surface area contributed by atoms with Gasteiger partial charge < -0.3 is 14.8 Å². The summed E-state index contributed by atoms with van der Waals surface area (Å²) in [5, 5.41) is 3.66. The highest BCUT2D eigenvalue weighted by Gasteiger charge is 2.25. The maximum Gasteiger partial charge on any atom is 0.138 e. The average molecular weight is 292 g/mol. The maximum atomic E-state index is 5.78. The lowest BCUT2D eigenvalue weighted by Crippen LogP contribution is -2.34. The van der Waals surface area contributed by atoms with Crippen LogP contribution in [0.25, 0.3) is 0 Å². The molecule has 1 aromatic heterocycles. The van der Waals surface area contributed by atoms with Crippen LogP contribution >= 0.6 is 0 Å². The van der Waals surface area contributed by atoms with E-state index in [1.165, 1.54) is 12.0 Å². The molecule has 4 nitrogen and oxygen atoms in total. The summed E-state index contributed by atoms with van der Waals surface area (Å²) in [4.78, 5) is 4.36. The Bertz CT molecular complexity index is 417. The van der Waals surface area contributed by atoms with Crippen molar-refractivity contribution in [1.82, 2.24) is 10.3 Å². The van der Waals surface area contributed by atoms with Gasteiger partial charge in [0.1, 0.15) is 5.75 Å². The zero-order chi connectivity index (χ0) is 15.1. The van der Waals surface area contributed by atoms with Gasteiger partial charge in [0.2, 0.25) is 0 Å². The lowest BCUT2D eigenvalue weighted by atomic mass is 9.89. The summed E-state index contributed by atoms with van der Waals surface area (Å²) in [7, 11) is 0. The van der Waals surface area contributed by atoms with Gasteiger partial charge in [0.05, 0.1) is 18.9 Å². The van der Waals surface area contributed by atoms with Gasteiger partial charge in [0.25, 0.3) is 0 Å². The zero-order valence-corrected chi connectivity index (χ0v) is 13.5. The van der Waals surface area contributed by atoms with Crippen LogP contribution in [0.3, 0.4) is 0 Å². The Morgan fingerprint density at radius 1 is 1.43 bits per heavy atom. The molecule has 2 rings (SSSR count). The third kappa shape index (κ3) is 4.97. The summed E-state index contributed by atoms with van der Waals surface area (Å²) in [6.07, 6.45) is 7.38. The predicted molar refractivity (Wildman–Crippen MR) is 84.6 cm³/mol. The molecule has 0 amide bonds. The molecule has 21 heavy (non-hydrogen) atoms. The molecule has 0 saturated carbocycles. The first kappa shape index (κ1) is 16.2. The Labute approximate surface area is 128 Å². The fourth-order valence-electron chi connectivity index (χ4n) is 2.83. The topological polar surface area (TPSA) is 43.4 Å². The van der Waals surface area contributed by atoms with Gasteiger partial charge in [-0.25, -0.2) is 0 Å². The van der Waals surface area contributed by atoms with Crippen LogP contribution < -0.4 is 10.1 Å². The Morgan fingerprint density at radius 3 is 2.95 bits per heavy atom. The van der Waals surface area contributed by atoms with Gasteiger partial charge in [-0.05, 0) is 51.3 Å². The van der Waals surface area contributed by atoms with Crippen LogP contribution in [-0.4, -0.2) is 30.8 Å². The lowest BCUT2D eigenvalue weighted by Gasteiger charge is -2.31. The Hall–Kier alpha value is -1.13. The van der Waals surface area contributed by atoms with Gasteiger partial charge in [-0.2, -0.15) is 0 Å². The van der Waals surface area contributed by atoms with E-state index in [1.807, 2.05) is 20.0 Å². The number of rotatable bonds is 7. The van der Waals surface area contributed by atoms with Crippen molar-refractivity contribution in [2.75, 3.05) is 19.8 Å². The van der Waals surface area contributed by atoms with E-state index in [0.29, 0.717) is 12.0 Å². The van der Waals surface area contributed by atoms with E-state index in [1.54, 1.807) is 6.20 Å². The highest BCUT2D eigenvalue weighted by molar-refractivity contribution is 5.27. The normalized spacial score (nSPS) is 20.5. The molecule has 1 aromatic rings. The van der Waals surface area contributed by atoms with E-state index in [2.05, 4.69) is 23.3 Å². The van der Waals surface area contributed by atoms with Gasteiger partial charge in [0, 0.05) is 24.8 Å². The first-order valence-electron chi connectivity index (χ1n) is 8.13. The van der Waals surface area contributed by atoms with Crippen LogP contribution in [0.1, 0.15) is 51.6 Å². The van der Waals surface area contributed by atoms with Gasteiger partial charge in [0.15, 0.2) is 0 Å². The van der Waals surface area contributed by atoms with Crippen molar-refractivity contribution >= 4 is 0 Å². The van der Waals surface area contributed by atoms with E-state index in [0.717, 1.165) is 38.3 Å². The van der Waals surface area contributed by atoms with Crippen LogP contribution in [-0.2, 0) is 4.74 Å². The van der Waals surface area contributed by atoms with Crippen LogP contribution in [0.15, 0.2) is 18.5 Å². The first-order valence-corrected chi connectivity index (χ1v) is 8.13. The Balaban J connectivity index is 2.14. The number of nitrogens with zero attached hydrogens (tertiary/aromatic N) is 1. The second-order valence-electron chi connectivity index (χ2n) is 6.03. The first-order chi connectivity index (χ1) is 10.2. The smallest absolute Gasteiger partial charge is 0.138 e. The number of aromatic nitrogens is 1. The molecule has 1 aliphatic rings. The molecular weight excluding hydrogens is 264 g/mol. The summed E-state index contributed by atoms with van der Waals surface area (Å²) in [5.41, 5.74) is 1.21. The molecule has 0 spiro atoms. The minimum atomic E-state index is 0.169. The number of hydrogen-bond acceptors (Lipinski definition) is 4. The van der Waals surface area contributed by atoms with Crippen molar-refractivity contribution in [3.05, 3.63) is 24.0 Å². The third-order valence-electron chi connectivity index (χ3n) is 3.75. The molecule has 2 atom stereocenters. The standard InChI is InChI=1S/C17H28N2O2/c1-4-7-19-17(14-6-5-8-20-12-14)15-9-16(11-18-10-15)21-13(2)3/h9-11,13-14,17,19H,4-8,12H2,1-3H3. The molecule has 1 aliphatic heterocycles. The van der Waals surface area contributed by atoms with Crippen molar-refractivity contribution in [3.8, 4) is 5.75 Å². The van der Waals surface area contributed by atoms with E-state index in [4.69, 9.17) is 9.47 Å². The molecule has 0 radical (unpaired) electrons. The summed E-state index contributed by atoms with van der Waals surface area (Å²) >= 11 is 0. The van der Waals surface area contributed by atoms with Crippen LogP contribution in [0.2, 0.25) is 0 Å². The van der Waals surface area contributed by atoms with E-state index in [9.17, 15) is 0 Å². The average Bonchev–Trinajstić information content (AvgIpc) is 2.48. The number of nitrogens with one attached hydrogen (secondary N) is 1. The summed E-state index contributed by atoms with van der Waals surface area (Å²) in [6, 6.07) is 2.42. The fourth-order valence-corrected chi connectivity index (χ4v) is 2.83. The molecule has 2 unspecified atom stereocenters. The quantitative estimate of drug-likeness (QED) is 0.837. The van der Waals surface area contributed by atoms with Gasteiger partial charge in [-0.3, -0.25) is 4.98 Å². The summed E-state index contributed by atoms with van der Waals surface area (Å²) < 4.78 is 11.4. The van der Waals surface area contributed by atoms with Crippen molar-refractivity contribution in [3.63, 3.8) is 0 Å². The van der Waals surface area contributed by atoms with Crippen molar-refractivity contribution in [2.45, 2.75) is 52.2 Å². The molecule has 0 aliphatic carbocycles. The van der Waals surface area contributed by atoms with Crippen molar-refractivity contribution in [2.24, 2.45) is 5.92 Å². The molecule has 1 fully saturated rings. The van der Waals surface area contributed by atoms with E-state index < -0.39 is 0 Å². The lowest BCUT2D eigenvalue weighted by molar-refractivity contribution is 0.0389. The van der Waals surface area contributed by atoms with Crippen molar-refractivity contribution in [1.29, 1.82) is 0 Å². The number of ether oxygens (including phenoxy) is 2. The molecular formula is C17H28N2O2. The second kappa shape index (κ2) is 8.35. The minimum Gasteiger partial charge on any atom is -0.489 e. The van der Waals surface area contributed by atoms with E-state index >= 15 is 0 Å². The SMILES string of the molecule is CCCNC(c1cncc(OC(C)C)c1)C1CCCOC1. The van der Waals surface area contributed by atoms with Gasteiger partial charge in [-0.1, -0.05) is 6.92 Å². The fraction of sp³-hybridized carbons (Fsp3) is 0.706. The second-order valence-corrected chi connectivity index (χ2v) is 6.03. The summed E-state index contributed by atoms with van der Waals surface area (Å²) in [5.74, 6) is 1.36. The third-order valence-corrected chi connectivity index (χ3v) is 3.75. The van der Waals surface area contributed by atoms with Crippen LogP contribution in [0.4, 0.5) is 0 Å². The molecule has 2 heterocycles. The Morgan fingerprint density at radius 2 is 2.29 bits per heavy atom. The molecule has 4 heteroatoms. The highest BCUT2D eigenvalue weighted by atomic mass is 16.5. The molecule has 0 bridgehead atoms. The van der Waals surface area contributed by atoms with Crippen LogP contribution in [0.5, 0.6) is 5.75 Å². The molecule has 1 saturated heterocycles. The predicted octanol–water partition coefficient (Wildman–Crippen LogP) is 3.34. The van der Waals surface area contributed by atoms with Gasteiger partial charge >= 0.3 is 0 Å².